The van der Waals surface area contributed by atoms with Gasteiger partial charge in [-0.2, -0.15) is 13.9 Å². The number of hydrogen-bond acceptors (Lipinski definition) is 5. The van der Waals surface area contributed by atoms with Gasteiger partial charge in [0.2, 0.25) is 5.95 Å². The molecule has 0 saturated heterocycles. The lowest BCUT2D eigenvalue weighted by atomic mass is 10.1. The Balaban J connectivity index is 2.29. The van der Waals surface area contributed by atoms with E-state index in [0.717, 1.165) is 5.56 Å². The fraction of sp³-hybridized carbons (Fsp3) is 0.267. The molecule has 0 aliphatic carbocycles. The summed E-state index contributed by atoms with van der Waals surface area (Å²) in [6.07, 6.45) is 0. The number of nitrogens with zero attached hydrogens (tertiary/aromatic N) is 2. The van der Waals surface area contributed by atoms with Gasteiger partial charge in [0.05, 0.1) is 5.71 Å². The molecule has 0 spiro atoms. The van der Waals surface area contributed by atoms with Gasteiger partial charge in [0.25, 0.3) is 5.56 Å². The number of aromatic amines is 1. The fourth-order valence-electron chi connectivity index (χ4n) is 1.95. The molecular formula is C15H16F2N4O2. The van der Waals surface area contributed by atoms with Crippen molar-refractivity contribution in [2.75, 3.05) is 5.43 Å². The third-order valence-corrected chi connectivity index (χ3v) is 2.94. The van der Waals surface area contributed by atoms with Crippen molar-refractivity contribution in [3.05, 3.63) is 51.4 Å². The molecule has 0 atom stereocenters. The molecule has 0 unspecified atom stereocenters. The van der Waals surface area contributed by atoms with Gasteiger partial charge in [-0.3, -0.25) is 9.78 Å². The zero-order chi connectivity index (χ0) is 17.0. The van der Waals surface area contributed by atoms with E-state index in [1.807, 2.05) is 6.92 Å². The van der Waals surface area contributed by atoms with Crippen molar-refractivity contribution < 1.29 is 13.5 Å². The van der Waals surface area contributed by atoms with Crippen LogP contribution in [0.5, 0.6) is 5.75 Å². The van der Waals surface area contributed by atoms with E-state index in [9.17, 15) is 13.6 Å². The predicted molar refractivity (Wildman–Crippen MR) is 83.2 cm³/mol. The van der Waals surface area contributed by atoms with Gasteiger partial charge in [-0.25, -0.2) is 10.4 Å². The van der Waals surface area contributed by atoms with Gasteiger partial charge in [-0.05, 0) is 32.9 Å². The molecule has 8 heteroatoms. The summed E-state index contributed by atoms with van der Waals surface area (Å²) in [7, 11) is 0. The van der Waals surface area contributed by atoms with Crippen LogP contribution < -0.4 is 15.7 Å². The maximum absolute atomic E-state index is 12.5. The van der Waals surface area contributed by atoms with E-state index in [2.05, 4.69) is 25.2 Å². The first kappa shape index (κ1) is 16.6. The molecule has 1 aromatic carbocycles. The minimum atomic E-state index is -2.92. The van der Waals surface area contributed by atoms with Crippen molar-refractivity contribution in [2.45, 2.75) is 27.4 Å². The Morgan fingerprint density at radius 2 is 2.09 bits per heavy atom. The molecule has 0 fully saturated rings. The summed E-state index contributed by atoms with van der Waals surface area (Å²) < 4.78 is 29.4. The summed E-state index contributed by atoms with van der Waals surface area (Å²) in [6, 6.07) is 6.16. The number of ether oxygens (including phenoxy) is 1. The highest BCUT2D eigenvalue weighted by atomic mass is 19.3. The van der Waals surface area contributed by atoms with Gasteiger partial charge in [-0.15, -0.1) is 0 Å². The molecule has 1 heterocycles. The Morgan fingerprint density at radius 1 is 1.35 bits per heavy atom. The highest BCUT2D eigenvalue weighted by Gasteiger charge is 2.12. The van der Waals surface area contributed by atoms with Crippen LogP contribution in [0, 0.1) is 13.8 Å². The molecule has 6 nitrogen and oxygen atoms in total. The van der Waals surface area contributed by atoms with Gasteiger partial charge in [0.15, 0.2) is 0 Å². The fourth-order valence-corrected chi connectivity index (χ4v) is 1.95. The van der Waals surface area contributed by atoms with E-state index < -0.39 is 6.61 Å². The first-order valence-electron chi connectivity index (χ1n) is 6.79. The monoisotopic (exact) mass is 322 g/mol. The van der Waals surface area contributed by atoms with Gasteiger partial charge in [-0.1, -0.05) is 11.6 Å². The van der Waals surface area contributed by atoms with Crippen LogP contribution in [0.3, 0.4) is 0 Å². The highest BCUT2D eigenvalue weighted by molar-refractivity contribution is 6.01. The quantitative estimate of drug-likeness (QED) is 0.655. The van der Waals surface area contributed by atoms with Gasteiger partial charge >= 0.3 is 6.61 Å². The molecule has 0 amide bonds. The van der Waals surface area contributed by atoms with Gasteiger partial charge in [0, 0.05) is 17.3 Å². The molecule has 2 rings (SSSR count). The number of aryl methyl sites for hydroxylation is 2. The van der Waals surface area contributed by atoms with Crippen molar-refractivity contribution >= 4 is 11.7 Å². The molecule has 0 bridgehead atoms. The van der Waals surface area contributed by atoms with Crippen LogP contribution in [-0.2, 0) is 0 Å². The summed E-state index contributed by atoms with van der Waals surface area (Å²) in [5, 5.41) is 4.07. The summed E-state index contributed by atoms with van der Waals surface area (Å²) in [6.45, 7) is 2.21. The van der Waals surface area contributed by atoms with Crippen LogP contribution in [0.15, 0.2) is 34.2 Å². The molecule has 0 saturated carbocycles. The number of nitrogens with one attached hydrogen (secondary N) is 2. The van der Waals surface area contributed by atoms with Crippen molar-refractivity contribution in [3.8, 4) is 5.75 Å². The molecule has 2 aromatic rings. The summed E-state index contributed by atoms with van der Waals surface area (Å²) in [4.78, 5) is 17.9. The zero-order valence-electron chi connectivity index (χ0n) is 12.9. The number of H-pyrrole nitrogens is 1. The first-order chi connectivity index (χ1) is 10.8. The smallest absolute Gasteiger partial charge is 0.387 e. The normalized spacial score (nSPS) is 11.7. The van der Waals surface area contributed by atoms with Crippen molar-refractivity contribution in [1.82, 2.24) is 9.97 Å². The lowest BCUT2D eigenvalue weighted by Gasteiger charge is -2.11. The van der Waals surface area contributed by atoms with E-state index in [1.54, 1.807) is 26.0 Å². The maximum atomic E-state index is 12.5. The Labute approximate surface area is 131 Å². The lowest BCUT2D eigenvalue weighted by molar-refractivity contribution is -0.0499. The van der Waals surface area contributed by atoms with E-state index in [0.29, 0.717) is 17.0 Å². The van der Waals surface area contributed by atoms with E-state index in [1.165, 1.54) is 12.1 Å². The number of halogens is 2. The van der Waals surface area contributed by atoms with Crippen molar-refractivity contribution in [2.24, 2.45) is 5.10 Å². The largest absolute Gasteiger partial charge is 0.434 e. The molecule has 1 aromatic heterocycles. The second-order valence-electron chi connectivity index (χ2n) is 4.92. The zero-order valence-corrected chi connectivity index (χ0v) is 12.9. The van der Waals surface area contributed by atoms with Crippen molar-refractivity contribution in [3.63, 3.8) is 0 Å². The van der Waals surface area contributed by atoms with Crippen LogP contribution in [-0.4, -0.2) is 22.3 Å². The maximum Gasteiger partial charge on any atom is 0.387 e. The highest BCUT2D eigenvalue weighted by Crippen LogP contribution is 2.23. The standard InChI is InChI=1S/C15H16F2N4O2/c1-8-4-5-12(23-14(16)17)11(6-8)10(3)20-21-15-18-9(2)7-13(22)19-15/h4-7,14H,1-3H3,(H2,18,19,21,22)/b20-10-. The minimum Gasteiger partial charge on any atom is -0.434 e. The van der Waals surface area contributed by atoms with E-state index in [4.69, 9.17) is 0 Å². The third kappa shape index (κ3) is 4.60. The summed E-state index contributed by atoms with van der Waals surface area (Å²) in [5.41, 5.74) is 4.53. The molecule has 2 N–H and O–H groups in total. The Hall–Kier alpha value is -2.77. The molecule has 0 aliphatic heterocycles. The number of hydrazone groups is 1. The second kappa shape index (κ2) is 6.99. The summed E-state index contributed by atoms with van der Waals surface area (Å²) >= 11 is 0. The number of aromatic nitrogens is 2. The molecule has 0 radical (unpaired) electrons. The lowest BCUT2D eigenvalue weighted by Crippen LogP contribution is -2.12. The Morgan fingerprint density at radius 3 is 2.74 bits per heavy atom. The number of rotatable bonds is 5. The van der Waals surface area contributed by atoms with Crippen molar-refractivity contribution in [1.29, 1.82) is 0 Å². The second-order valence-corrected chi connectivity index (χ2v) is 4.92. The average Bonchev–Trinajstić information content (AvgIpc) is 2.45. The van der Waals surface area contributed by atoms with Crippen LogP contribution in [0.2, 0.25) is 0 Å². The van der Waals surface area contributed by atoms with E-state index >= 15 is 0 Å². The van der Waals surface area contributed by atoms with Crippen LogP contribution in [0.1, 0.15) is 23.7 Å². The molecule has 122 valence electrons. The Bertz CT molecular complexity index is 787. The SMILES string of the molecule is C/C(=N/Nc1nc(C)cc(=O)[nH]1)c1cc(C)ccc1OC(F)F. The number of alkyl halides is 2. The molecular weight excluding hydrogens is 306 g/mol. The minimum absolute atomic E-state index is 0.0272. The third-order valence-electron chi connectivity index (χ3n) is 2.94. The molecule has 0 aliphatic rings. The Kier molecular flexibility index (Phi) is 5.05. The topological polar surface area (TPSA) is 79.4 Å². The van der Waals surface area contributed by atoms with Crippen LogP contribution >= 0.6 is 0 Å². The average molecular weight is 322 g/mol. The predicted octanol–water partition coefficient (Wildman–Crippen LogP) is 2.82. The number of anilines is 1. The number of hydrogen-bond donors (Lipinski definition) is 2. The first-order valence-corrected chi connectivity index (χ1v) is 6.79. The summed E-state index contributed by atoms with van der Waals surface area (Å²) in [5.74, 6) is 0.192. The number of benzene rings is 1. The van der Waals surface area contributed by atoms with E-state index in [-0.39, 0.29) is 17.3 Å². The van der Waals surface area contributed by atoms with Crippen LogP contribution in [0.4, 0.5) is 14.7 Å². The molecule has 23 heavy (non-hydrogen) atoms. The van der Waals surface area contributed by atoms with Gasteiger partial charge in [0.1, 0.15) is 5.75 Å². The van der Waals surface area contributed by atoms with Gasteiger partial charge < -0.3 is 4.74 Å². The van der Waals surface area contributed by atoms with Crippen LogP contribution in [0.25, 0.3) is 0 Å².